The van der Waals surface area contributed by atoms with Crippen LogP contribution in [0.15, 0.2) is 6.20 Å². The standard InChI is InChI=1S/C8H7BrClN3O/c1-14-8-12-4-6(10)7(13-8)5(2-9)3-11/h4-5H,2H2,1H3. The molecule has 0 spiro atoms. The number of ether oxygens (including phenoxy) is 1. The Labute approximate surface area is 95.0 Å². The molecule has 1 rings (SSSR count). The highest BCUT2D eigenvalue weighted by Crippen LogP contribution is 2.24. The third-order valence-electron chi connectivity index (χ3n) is 1.57. The Bertz CT molecular complexity index is 366. The molecule has 74 valence electrons. The van der Waals surface area contributed by atoms with Crippen molar-refractivity contribution in [3.8, 4) is 12.1 Å². The van der Waals surface area contributed by atoms with Gasteiger partial charge in [0.2, 0.25) is 0 Å². The van der Waals surface area contributed by atoms with Crippen molar-refractivity contribution in [1.29, 1.82) is 5.26 Å². The third kappa shape index (κ3) is 2.34. The minimum absolute atomic E-state index is 0.214. The molecule has 14 heavy (non-hydrogen) atoms. The van der Waals surface area contributed by atoms with Gasteiger partial charge in [-0.25, -0.2) is 4.98 Å². The maximum absolute atomic E-state index is 8.83. The van der Waals surface area contributed by atoms with E-state index in [-0.39, 0.29) is 11.9 Å². The topological polar surface area (TPSA) is 58.8 Å². The van der Waals surface area contributed by atoms with Gasteiger partial charge in [0.1, 0.15) is 0 Å². The van der Waals surface area contributed by atoms with E-state index in [9.17, 15) is 0 Å². The van der Waals surface area contributed by atoms with Crippen molar-refractivity contribution in [3.63, 3.8) is 0 Å². The zero-order chi connectivity index (χ0) is 10.6. The second-order valence-corrected chi connectivity index (χ2v) is 3.48. The van der Waals surface area contributed by atoms with E-state index >= 15 is 0 Å². The highest BCUT2D eigenvalue weighted by atomic mass is 79.9. The summed E-state index contributed by atoms with van der Waals surface area (Å²) >= 11 is 9.06. The molecule has 0 amide bonds. The Morgan fingerprint density at radius 2 is 2.50 bits per heavy atom. The van der Waals surface area contributed by atoms with Gasteiger partial charge >= 0.3 is 6.01 Å². The number of nitriles is 1. The maximum atomic E-state index is 8.83. The zero-order valence-electron chi connectivity index (χ0n) is 7.37. The summed E-state index contributed by atoms with van der Waals surface area (Å²) in [6.07, 6.45) is 1.43. The Balaban J connectivity index is 3.12. The van der Waals surface area contributed by atoms with Crippen LogP contribution in [0.1, 0.15) is 11.6 Å². The lowest BCUT2D eigenvalue weighted by Gasteiger charge is -2.07. The van der Waals surface area contributed by atoms with Crippen molar-refractivity contribution in [2.75, 3.05) is 12.4 Å². The second-order valence-electron chi connectivity index (χ2n) is 2.43. The number of hydrogen-bond donors (Lipinski definition) is 0. The Morgan fingerprint density at radius 3 is 3.00 bits per heavy atom. The molecule has 0 N–H and O–H groups in total. The molecule has 1 aromatic heterocycles. The van der Waals surface area contributed by atoms with Crippen molar-refractivity contribution in [2.45, 2.75) is 5.92 Å². The van der Waals surface area contributed by atoms with Gasteiger partial charge in [0.25, 0.3) is 0 Å². The number of rotatable bonds is 3. The van der Waals surface area contributed by atoms with E-state index in [4.69, 9.17) is 21.6 Å². The van der Waals surface area contributed by atoms with E-state index in [2.05, 4.69) is 32.0 Å². The quantitative estimate of drug-likeness (QED) is 0.794. The number of alkyl halides is 1. The molecule has 1 heterocycles. The summed E-state index contributed by atoms with van der Waals surface area (Å²) < 4.78 is 4.84. The largest absolute Gasteiger partial charge is 0.467 e. The minimum atomic E-state index is -0.389. The van der Waals surface area contributed by atoms with Crippen LogP contribution in [0.25, 0.3) is 0 Å². The monoisotopic (exact) mass is 275 g/mol. The molecule has 0 aliphatic heterocycles. The fourth-order valence-electron chi connectivity index (χ4n) is 0.875. The molecular formula is C8H7BrClN3O. The van der Waals surface area contributed by atoms with Crippen LogP contribution in [0.5, 0.6) is 6.01 Å². The van der Waals surface area contributed by atoms with Gasteiger partial charge in [0.15, 0.2) is 0 Å². The number of methoxy groups -OCH3 is 1. The lowest BCUT2D eigenvalue weighted by molar-refractivity contribution is 0.378. The number of halogens is 2. The van der Waals surface area contributed by atoms with Crippen LogP contribution in [0, 0.1) is 11.3 Å². The maximum Gasteiger partial charge on any atom is 0.316 e. The van der Waals surface area contributed by atoms with Crippen LogP contribution in [-0.4, -0.2) is 22.4 Å². The smallest absolute Gasteiger partial charge is 0.316 e. The van der Waals surface area contributed by atoms with Crippen LogP contribution >= 0.6 is 27.5 Å². The van der Waals surface area contributed by atoms with Crippen molar-refractivity contribution >= 4 is 27.5 Å². The average Bonchev–Trinajstić information content (AvgIpc) is 2.22. The van der Waals surface area contributed by atoms with Crippen LogP contribution < -0.4 is 4.74 Å². The molecule has 1 aromatic rings. The normalized spacial score (nSPS) is 11.9. The van der Waals surface area contributed by atoms with Gasteiger partial charge in [-0.3, -0.25) is 0 Å². The first-order valence-electron chi connectivity index (χ1n) is 3.75. The van der Waals surface area contributed by atoms with Gasteiger partial charge < -0.3 is 4.74 Å². The molecule has 0 fully saturated rings. The van der Waals surface area contributed by atoms with Crippen LogP contribution in [0.4, 0.5) is 0 Å². The van der Waals surface area contributed by atoms with E-state index in [1.807, 2.05) is 0 Å². The van der Waals surface area contributed by atoms with Gasteiger partial charge in [-0.15, -0.1) is 0 Å². The molecule has 1 atom stereocenters. The number of hydrogen-bond acceptors (Lipinski definition) is 4. The lowest BCUT2D eigenvalue weighted by atomic mass is 10.1. The molecule has 0 aromatic carbocycles. The number of aromatic nitrogens is 2. The zero-order valence-corrected chi connectivity index (χ0v) is 9.71. The summed E-state index contributed by atoms with van der Waals surface area (Å²) in [5.74, 6) is -0.389. The third-order valence-corrected chi connectivity index (χ3v) is 2.51. The average molecular weight is 277 g/mol. The molecule has 1 unspecified atom stereocenters. The molecule has 6 heteroatoms. The molecule has 0 saturated carbocycles. The van der Waals surface area contributed by atoms with Crippen molar-refractivity contribution in [2.24, 2.45) is 0 Å². The molecule has 0 aliphatic rings. The number of nitrogens with zero attached hydrogens (tertiary/aromatic N) is 3. The first kappa shape index (κ1) is 11.2. The van der Waals surface area contributed by atoms with E-state index in [1.54, 1.807) is 0 Å². The van der Waals surface area contributed by atoms with Gasteiger partial charge in [-0.05, 0) is 0 Å². The Kier molecular flexibility index (Phi) is 4.11. The molecule has 4 nitrogen and oxygen atoms in total. The van der Waals surface area contributed by atoms with Crippen LogP contribution in [0.3, 0.4) is 0 Å². The predicted molar refractivity (Wildman–Crippen MR) is 55.7 cm³/mol. The lowest BCUT2D eigenvalue weighted by Crippen LogP contribution is -2.04. The molecule has 0 radical (unpaired) electrons. The summed E-state index contributed by atoms with van der Waals surface area (Å²) in [5.41, 5.74) is 0.484. The predicted octanol–water partition coefficient (Wildman–Crippen LogP) is 2.14. The highest BCUT2D eigenvalue weighted by Gasteiger charge is 2.16. The van der Waals surface area contributed by atoms with Gasteiger partial charge in [0, 0.05) is 5.33 Å². The van der Waals surface area contributed by atoms with Gasteiger partial charge in [-0.1, -0.05) is 27.5 Å². The summed E-state index contributed by atoms with van der Waals surface area (Å²) in [5, 5.41) is 9.68. The van der Waals surface area contributed by atoms with E-state index in [0.717, 1.165) is 0 Å². The van der Waals surface area contributed by atoms with E-state index in [1.165, 1.54) is 13.3 Å². The molecule has 0 aliphatic carbocycles. The molecule has 0 bridgehead atoms. The fraction of sp³-hybridized carbons (Fsp3) is 0.375. The van der Waals surface area contributed by atoms with E-state index < -0.39 is 0 Å². The van der Waals surface area contributed by atoms with Crippen LogP contribution in [-0.2, 0) is 0 Å². The first-order valence-corrected chi connectivity index (χ1v) is 5.24. The second kappa shape index (κ2) is 5.13. The van der Waals surface area contributed by atoms with Crippen LogP contribution in [0.2, 0.25) is 5.02 Å². The fourth-order valence-corrected chi connectivity index (χ4v) is 1.55. The summed E-state index contributed by atoms with van der Waals surface area (Å²) in [4.78, 5) is 7.83. The highest BCUT2D eigenvalue weighted by molar-refractivity contribution is 9.09. The first-order chi connectivity index (χ1) is 6.72. The summed E-state index contributed by atoms with van der Waals surface area (Å²) in [7, 11) is 1.46. The van der Waals surface area contributed by atoms with Gasteiger partial charge in [-0.2, -0.15) is 10.2 Å². The van der Waals surface area contributed by atoms with Crippen molar-refractivity contribution in [3.05, 3.63) is 16.9 Å². The SMILES string of the molecule is COc1ncc(Cl)c(C(C#N)CBr)n1. The summed E-state index contributed by atoms with van der Waals surface area (Å²) in [6, 6.07) is 2.30. The van der Waals surface area contributed by atoms with Crippen molar-refractivity contribution < 1.29 is 4.74 Å². The molecule has 0 saturated heterocycles. The Morgan fingerprint density at radius 1 is 1.79 bits per heavy atom. The summed E-state index contributed by atoms with van der Waals surface area (Å²) in [6.45, 7) is 0. The van der Waals surface area contributed by atoms with Crippen molar-refractivity contribution in [1.82, 2.24) is 9.97 Å². The van der Waals surface area contributed by atoms with Gasteiger partial charge in [0.05, 0.1) is 36.0 Å². The minimum Gasteiger partial charge on any atom is -0.467 e. The molecular weight excluding hydrogens is 269 g/mol. The Hall–Kier alpha value is -0.860. The van der Waals surface area contributed by atoms with E-state index in [0.29, 0.717) is 16.0 Å².